The van der Waals surface area contributed by atoms with Gasteiger partial charge in [0.2, 0.25) is 5.91 Å². The topological polar surface area (TPSA) is 54.1 Å². The minimum atomic E-state index is 0.139. The zero-order chi connectivity index (χ0) is 14.7. The summed E-state index contributed by atoms with van der Waals surface area (Å²) < 4.78 is 5.50. The molecular weight excluding hydrogens is 264 g/mol. The normalized spacial score (nSPS) is 21.2. The van der Waals surface area contributed by atoms with Crippen LogP contribution in [0.25, 0.3) is 10.9 Å². The lowest BCUT2D eigenvalue weighted by atomic mass is 9.89. The second kappa shape index (κ2) is 6.31. The van der Waals surface area contributed by atoms with Crippen LogP contribution in [0.15, 0.2) is 30.5 Å². The molecule has 1 saturated carbocycles. The maximum atomic E-state index is 12.0. The number of hydrogen-bond acceptors (Lipinski definition) is 2. The highest BCUT2D eigenvalue weighted by molar-refractivity contribution is 5.84. The van der Waals surface area contributed by atoms with Crippen molar-refractivity contribution in [1.82, 2.24) is 10.3 Å². The summed E-state index contributed by atoms with van der Waals surface area (Å²) in [5, 5.41) is 4.30. The van der Waals surface area contributed by atoms with Gasteiger partial charge in [0, 0.05) is 36.2 Å². The Kier molecular flexibility index (Phi) is 4.25. The van der Waals surface area contributed by atoms with E-state index >= 15 is 0 Å². The van der Waals surface area contributed by atoms with Gasteiger partial charge >= 0.3 is 0 Å². The van der Waals surface area contributed by atoms with E-state index in [1.54, 1.807) is 0 Å². The molecule has 21 heavy (non-hydrogen) atoms. The van der Waals surface area contributed by atoms with Crippen LogP contribution in [0.5, 0.6) is 0 Å². The Labute approximate surface area is 124 Å². The number of ether oxygens (including phenoxy) is 1. The monoisotopic (exact) mass is 286 g/mol. The lowest BCUT2D eigenvalue weighted by molar-refractivity contribution is -0.123. The van der Waals surface area contributed by atoms with Gasteiger partial charge in [-0.15, -0.1) is 0 Å². The minimum absolute atomic E-state index is 0.139. The molecule has 0 atom stereocenters. The fraction of sp³-hybridized carbons (Fsp3) is 0.471. The molecule has 1 aliphatic rings. The molecule has 0 spiro atoms. The van der Waals surface area contributed by atoms with Gasteiger partial charge in [-0.1, -0.05) is 18.2 Å². The Balaban J connectivity index is 1.46. The van der Waals surface area contributed by atoms with E-state index in [2.05, 4.69) is 22.4 Å². The molecule has 112 valence electrons. The summed E-state index contributed by atoms with van der Waals surface area (Å²) in [6.07, 6.45) is 5.56. The number of amides is 1. The van der Waals surface area contributed by atoms with Crippen LogP contribution < -0.4 is 5.32 Å². The van der Waals surface area contributed by atoms with Gasteiger partial charge in [0.15, 0.2) is 0 Å². The maximum absolute atomic E-state index is 12.0. The maximum Gasteiger partial charge on any atom is 0.220 e. The lowest BCUT2D eigenvalue weighted by Gasteiger charge is -2.35. The van der Waals surface area contributed by atoms with Crippen LogP contribution in [0.4, 0.5) is 0 Å². The molecule has 2 aromatic rings. The first-order chi connectivity index (χ1) is 10.3. The van der Waals surface area contributed by atoms with Crippen LogP contribution >= 0.6 is 0 Å². The van der Waals surface area contributed by atoms with E-state index in [1.165, 1.54) is 10.9 Å². The number of carbonyl (C=O) groups excluding carboxylic acids is 1. The summed E-state index contributed by atoms with van der Waals surface area (Å²) in [6, 6.07) is 8.50. The molecule has 0 aliphatic heterocycles. The molecule has 4 nitrogen and oxygen atoms in total. The van der Waals surface area contributed by atoms with E-state index in [1.807, 2.05) is 25.3 Å². The highest BCUT2D eigenvalue weighted by atomic mass is 16.5. The standard InChI is InChI=1S/C17H22N2O2/c1-2-21-14-9-13(10-14)19-17(20)8-7-12-11-18-16-6-4-3-5-15(12)16/h3-6,11,13-14,18H,2,7-10H2,1H3,(H,19,20). The predicted molar refractivity (Wildman–Crippen MR) is 83.2 cm³/mol. The molecule has 2 N–H and O–H groups in total. The van der Waals surface area contributed by atoms with E-state index in [4.69, 9.17) is 4.74 Å². The van der Waals surface area contributed by atoms with Gasteiger partial charge in [-0.05, 0) is 37.8 Å². The Hall–Kier alpha value is -1.81. The van der Waals surface area contributed by atoms with Gasteiger partial charge in [0.05, 0.1) is 6.10 Å². The number of rotatable bonds is 6. The number of para-hydroxylation sites is 1. The van der Waals surface area contributed by atoms with Gasteiger partial charge < -0.3 is 15.0 Å². The number of benzene rings is 1. The van der Waals surface area contributed by atoms with Crippen molar-refractivity contribution in [3.05, 3.63) is 36.0 Å². The molecule has 0 unspecified atom stereocenters. The Morgan fingerprint density at radius 1 is 1.38 bits per heavy atom. The van der Waals surface area contributed by atoms with E-state index < -0.39 is 0 Å². The molecule has 3 rings (SSSR count). The average molecular weight is 286 g/mol. The second-order valence-electron chi connectivity index (χ2n) is 5.67. The zero-order valence-corrected chi connectivity index (χ0v) is 12.4. The summed E-state index contributed by atoms with van der Waals surface area (Å²) in [6.45, 7) is 2.76. The SMILES string of the molecule is CCOC1CC(NC(=O)CCc2c[nH]c3ccccc23)C1. The first-order valence-corrected chi connectivity index (χ1v) is 7.72. The van der Waals surface area contributed by atoms with Crippen LogP contribution in [-0.4, -0.2) is 29.6 Å². The molecule has 1 aromatic carbocycles. The number of H-pyrrole nitrogens is 1. The smallest absolute Gasteiger partial charge is 0.220 e. The fourth-order valence-corrected chi connectivity index (χ4v) is 2.94. The molecule has 1 heterocycles. The predicted octanol–water partition coefficient (Wildman–Crippen LogP) is 2.78. The van der Waals surface area contributed by atoms with Gasteiger partial charge in [-0.3, -0.25) is 4.79 Å². The second-order valence-corrected chi connectivity index (χ2v) is 5.67. The van der Waals surface area contributed by atoms with Crippen LogP contribution in [0.3, 0.4) is 0 Å². The summed E-state index contributed by atoms with van der Waals surface area (Å²) in [5.74, 6) is 0.139. The molecule has 1 amide bonds. The number of carbonyl (C=O) groups is 1. The molecular formula is C17H22N2O2. The number of aromatic amines is 1. The first kappa shape index (κ1) is 14.1. The van der Waals surface area contributed by atoms with Crippen molar-refractivity contribution in [1.29, 1.82) is 0 Å². The van der Waals surface area contributed by atoms with E-state index in [0.717, 1.165) is 31.4 Å². The van der Waals surface area contributed by atoms with Crippen molar-refractivity contribution in [2.24, 2.45) is 0 Å². The summed E-state index contributed by atoms with van der Waals surface area (Å²) in [5.41, 5.74) is 2.34. The molecule has 4 heteroatoms. The highest BCUT2D eigenvalue weighted by Crippen LogP contribution is 2.23. The van der Waals surface area contributed by atoms with Crippen LogP contribution in [0, 0.1) is 0 Å². The Morgan fingerprint density at radius 2 is 2.19 bits per heavy atom. The Morgan fingerprint density at radius 3 is 3.00 bits per heavy atom. The average Bonchev–Trinajstić information content (AvgIpc) is 2.86. The molecule has 0 saturated heterocycles. The van der Waals surface area contributed by atoms with Crippen molar-refractivity contribution < 1.29 is 9.53 Å². The number of aryl methyl sites for hydroxylation is 1. The zero-order valence-electron chi connectivity index (χ0n) is 12.4. The van der Waals surface area contributed by atoms with Gasteiger partial charge in [-0.25, -0.2) is 0 Å². The third kappa shape index (κ3) is 3.27. The van der Waals surface area contributed by atoms with Crippen LogP contribution in [0.2, 0.25) is 0 Å². The molecule has 0 radical (unpaired) electrons. The summed E-state index contributed by atoms with van der Waals surface area (Å²) >= 11 is 0. The van der Waals surface area contributed by atoms with Crippen molar-refractivity contribution in [2.75, 3.05) is 6.61 Å². The first-order valence-electron chi connectivity index (χ1n) is 7.72. The van der Waals surface area contributed by atoms with Crippen molar-refractivity contribution in [3.63, 3.8) is 0 Å². The quantitative estimate of drug-likeness (QED) is 0.858. The van der Waals surface area contributed by atoms with E-state index in [9.17, 15) is 4.79 Å². The van der Waals surface area contributed by atoms with Crippen molar-refractivity contribution >= 4 is 16.8 Å². The third-order valence-corrected chi connectivity index (χ3v) is 4.16. The van der Waals surface area contributed by atoms with Gasteiger partial charge in [-0.2, -0.15) is 0 Å². The molecule has 1 fully saturated rings. The van der Waals surface area contributed by atoms with E-state index in [0.29, 0.717) is 18.6 Å². The summed E-state index contributed by atoms with van der Waals surface area (Å²) in [4.78, 5) is 15.2. The number of hydrogen-bond donors (Lipinski definition) is 2. The van der Waals surface area contributed by atoms with Gasteiger partial charge in [0.25, 0.3) is 0 Å². The Bertz CT molecular complexity index is 614. The summed E-state index contributed by atoms with van der Waals surface area (Å²) in [7, 11) is 0. The fourth-order valence-electron chi connectivity index (χ4n) is 2.94. The lowest BCUT2D eigenvalue weighted by Crippen LogP contribution is -2.47. The molecule has 0 bridgehead atoms. The van der Waals surface area contributed by atoms with E-state index in [-0.39, 0.29) is 5.91 Å². The number of fused-ring (bicyclic) bond motifs is 1. The molecule has 1 aromatic heterocycles. The van der Waals surface area contributed by atoms with Crippen molar-refractivity contribution in [3.8, 4) is 0 Å². The van der Waals surface area contributed by atoms with Crippen LogP contribution in [0.1, 0.15) is 31.7 Å². The van der Waals surface area contributed by atoms with Gasteiger partial charge in [0.1, 0.15) is 0 Å². The third-order valence-electron chi connectivity index (χ3n) is 4.16. The number of aromatic nitrogens is 1. The minimum Gasteiger partial charge on any atom is -0.378 e. The highest BCUT2D eigenvalue weighted by Gasteiger charge is 2.30. The molecule has 1 aliphatic carbocycles. The van der Waals surface area contributed by atoms with Crippen LogP contribution in [-0.2, 0) is 16.0 Å². The number of nitrogens with one attached hydrogen (secondary N) is 2. The largest absolute Gasteiger partial charge is 0.378 e. The van der Waals surface area contributed by atoms with Crippen molar-refractivity contribution in [2.45, 2.75) is 44.8 Å².